The number of fused-ring (bicyclic) bond motifs is 3. The van der Waals surface area contributed by atoms with Crippen molar-refractivity contribution in [2.75, 3.05) is 19.7 Å². The molecule has 8 heteroatoms. The molecule has 1 fully saturated rings. The Morgan fingerprint density at radius 3 is 2.15 bits per heavy atom. The Hall–Kier alpha value is -3.55. The highest BCUT2D eigenvalue weighted by Gasteiger charge is 2.36. The zero-order valence-corrected chi connectivity index (χ0v) is 19.7. The van der Waals surface area contributed by atoms with Gasteiger partial charge in [0.1, 0.15) is 12.2 Å². The third kappa shape index (κ3) is 5.16. The van der Waals surface area contributed by atoms with Gasteiger partial charge < -0.3 is 25.4 Å². The number of carbonyl (C=O) groups excluding carboxylic acids is 3. The van der Waals surface area contributed by atoms with E-state index in [1.54, 1.807) is 20.8 Å². The summed E-state index contributed by atoms with van der Waals surface area (Å²) < 4.78 is 11.0. The molecular weight excluding hydrogens is 434 g/mol. The van der Waals surface area contributed by atoms with Crippen molar-refractivity contribution in [1.82, 2.24) is 10.2 Å². The molecule has 8 nitrogen and oxygen atoms in total. The molecule has 3 amide bonds. The summed E-state index contributed by atoms with van der Waals surface area (Å²) >= 11 is 0. The van der Waals surface area contributed by atoms with Gasteiger partial charge in [-0.05, 0) is 49.4 Å². The first-order chi connectivity index (χ1) is 16.1. The molecule has 1 aliphatic heterocycles. The summed E-state index contributed by atoms with van der Waals surface area (Å²) in [5.74, 6) is -1.18. The highest BCUT2D eigenvalue weighted by Crippen LogP contribution is 2.44. The lowest BCUT2D eigenvalue weighted by Gasteiger charge is -2.36. The first kappa shape index (κ1) is 23.6. The first-order valence-electron chi connectivity index (χ1n) is 11.5. The second-order valence-corrected chi connectivity index (χ2v) is 9.89. The van der Waals surface area contributed by atoms with Gasteiger partial charge in [0.05, 0.1) is 12.0 Å². The minimum Gasteiger partial charge on any atom is -0.448 e. The molecule has 0 unspecified atom stereocenters. The van der Waals surface area contributed by atoms with Crippen molar-refractivity contribution in [1.29, 1.82) is 0 Å². The van der Waals surface area contributed by atoms with E-state index in [-0.39, 0.29) is 25.6 Å². The number of primary amides is 1. The van der Waals surface area contributed by atoms with Crippen molar-refractivity contribution in [2.24, 2.45) is 11.7 Å². The number of alkyl carbamates (subject to hydrolysis) is 1. The van der Waals surface area contributed by atoms with Crippen LogP contribution in [-0.2, 0) is 14.3 Å². The number of hydrogen-bond donors (Lipinski definition) is 2. The molecule has 0 saturated carbocycles. The number of likely N-dealkylation sites (tertiary alicyclic amines) is 1. The van der Waals surface area contributed by atoms with Crippen LogP contribution in [-0.4, -0.2) is 54.3 Å². The normalized spacial score (nSPS) is 19.7. The molecule has 2 atom stereocenters. The van der Waals surface area contributed by atoms with Gasteiger partial charge in [-0.3, -0.25) is 4.79 Å². The third-order valence-electron chi connectivity index (χ3n) is 6.17. The van der Waals surface area contributed by atoms with Crippen molar-refractivity contribution in [3.05, 3.63) is 59.7 Å². The maximum absolute atomic E-state index is 13.0. The minimum atomic E-state index is -0.658. The molecular formula is C26H31N3O5. The molecule has 3 N–H and O–H groups in total. The minimum absolute atomic E-state index is 0.0660. The topological polar surface area (TPSA) is 111 Å². The molecule has 0 spiro atoms. The number of nitrogens with two attached hydrogens (primary N) is 1. The molecule has 1 aliphatic carbocycles. The Bertz CT molecular complexity index is 1050. The molecule has 34 heavy (non-hydrogen) atoms. The van der Waals surface area contributed by atoms with Crippen LogP contribution in [0.2, 0.25) is 0 Å². The van der Waals surface area contributed by atoms with Crippen LogP contribution < -0.4 is 11.1 Å². The van der Waals surface area contributed by atoms with Crippen LogP contribution in [0.1, 0.15) is 44.2 Å². The average Bonchev–Trinajstić information content (AvgIpc) is 3.09. The highest BCUT2D eigenvalue weighted by atomic mass is 16.6. The monoisotopic (exact) mass is 465 g/mol. The van der Waals surface area contributed by atoms with Gasteiger partial charge in [0, 0.05) is 19.0 Å². The first-order valence-corrected chi connectivity index (χ1v) is 11.5. The summed E-state index contributed by atoms with van der Waals surface area (Å²) in [7, 11) is 0. The van der Waals surface area contributed by atoms with Crippen LogP contribution in [0, 0.1) is 5.92 Å². The van der Waals surface area contributed by atoms with Gasteiger partial charge in [-0.15, -0.1) is 0 Å². The Kier molecular flexibility index (Phi) is 6.50. The fourth-order valence-corrected chi connectivity index (χ4v) is 4.72. The second-order valence-electron chi connectivity index (χ2n) is 9.89. The Morgan fingerprint density at radius 2 is 1.59 bits per heavy atom. The van der Waals surface area contributed by atoms with Crippen molar-refractivity contribution in [3.63, 3.8) is 0 Å². The van der Waals surface area contributed by atoms with Gasteiger partial charge >= 0.3 is 12.2 Å². The quantitative estimate of drug-likeness (QED) is 0.716. The molecule has 0 bridgehead atoms. The van der Waals surface area contributed by atoms with Gasteiger partial charge in [-0.25, -0.2) is 9.59 Å². The second kappa shape index (κ2) is 9.37. The molecule has 2 aromatic rings. The van der Waals surface area contributed by atoms with E-state index < -0.39 is 35.7 Å². The number of piperidine rings is 1. The van der Waals surface area contributed by atoms with E-state index >= 15 is 0 Å². The van der Waals surface area contributed by atoms with E-state index in [4.69, 9.17) is 15.2 Å². The maximum Gasteiger partial charge on any atom is 0.409 e. The number of carbonyl (C=O) groups is 3. The molecule has 180 valence electrons. The van der Waals surface area contributed by atoms with E-state index in [9.17, 15) is 14.4 Å². The summed E-state index contributed by atoms with van der Waals surface area (Å²) in [4.78, 5) is 38.6. The number of amides is 3. The molecule has 4 rings (SSSR count). The van der Waals surface area contributed by atoms with Gasteiger partial charge in [-0.1, -0.05) is 48.5 Å². The van der Waals surface area contributed by atoms with Crippen LogP contribution in [0.25, 0.3) is 11.1 Å². The standard InChI is InChI=1S/C26H31N3O5/c1-26(2,3)34-24(31)28-17-12-16(23(27)30)13-29(14-17)25(32)33-15-22-20-10-6-4-8-18(20)19-9-5-7-11-21(19)22/h4-11,16-17,22H,12-15H2,1-3H3,(H2,27,30)(H,28,31)/t16-,17+/m0/s1. The van der Waals surface area contributed by atoms with Crippen LogP contribution in [0.4, 0.5) is 9.59 Å². The molecule has 0 radical (unpaired) electrons. The number of benzene rings is 2. The molecule has 2 aliphatic rings. The molecule has 1 heterocycles. The summed E-state index contributed by atoms with van der Waals surface area (Å²) in [6.45, 7) is 5.83. The van der Waals surface area contributed by atoms with Crippen LogP contribution in [0.5, 0.6) is 0 Å². The van der Waals surface area contributed by atoms with E-state index in [1.807, 2.05) is 24.3 Å². The number of rotatable bonds is 4. The van der Waals surface area contributed by atoms with Crippen molar-refractivity contribution in [2.45, 2.75) is 44.8 Å². The van der Waals surface area contributed by atoms with Crippen molar-refractivity contribution in [3.8, 4) is 11.1 Å². The van der Waals surface area contributed by atoms with Crippen molar-refractivity contribution >= 4 is 18.1 Å². The lowest BCUT2D eigenvalue weighted by molar-refractivity contribution is -0.123. The highest BCUT2D eigenvalue weighted by molar-refractivity contribution is 5.80. The van der Waals surface area contributed by atoms with E-state index in [1.165, 1.54) is 4.90 Å². The van der Waals surface area contributed by atoms with Gasteiger partial charge in [0.2, 0.25) is 5.91 Å². The summed E-state index contributed by atoms with van der Waals surface area (Å²) in [5.41, 5.74) is 9.42. The number of nitrogens with one attached hydrogen (secondary N) is 1. The Morgan fingerprint density at radius 1 is 1.00 bits per heavy atom. The Balaban J connectivity index is 1.44. The SMILES string of the molecule is CC(C)(C)OC(=O)N[C@@H]1C[C@H](C(N)=O)CN(C(=O)OCC2c3ccccc3-c3ccccc32)C1. The zero-order chi connectivity index (χ0) is 24.5. The van der Waals surface area contributed by atoms with Gasteiger partial charge in [0.15, 0.2) is 0 Å². The van der Waals surface area contributed by atoms with E-state index in [2.05, 4.69) is 29.6 Å². The smallest absolute Gasteiger partial charge is 0.409 e. The summed E-state index contributed by atoms with van der Waals surface area (Å²) in [6, 6.07) is 15.7. The van der Waals surface area contributed by atoms with Gasteiger partial charge in [-0.2, -0.15) is 0 Å². The predicted octanol–water partition coefficient (Wildman–Crippen LogP) is 3.64. The fraction of sp³-hybridized carbons (Fsp3) is 0.423. The fourth-order valence-electron chi connectivity index (χ4n) is 4.72. The van der Waals surface area contributed by atoms with E-state index in [0.717, 1.165) is 22.3 Å². The summed E-state index contributed by atoms with van der Waals surface area (Å²) in [6.07, 6.45) is -0.805. The van der Waals surface area contributed by atoms with E-state index in [0.29, 0.717) is 6.42 Å². The number of nitrogens with zero attached hydrogens (tertiary/aromatic N) is 1. The predicted molar refractivity (Wildman–Crippen MR) is 127 cm³/mol. The molecule has 0 aromatic heterocycles. The molecule has 2 aromatic carbocycles. The Labute approximate surface area is 199 Å². The van der Waals surface area contributed by atoms with Crippen LogP contribution in [0.3, 0.4) is 0 Å². The van der Waals surface area contributed by atoms with Crippen molar-refractivity contribution < 1.29 is 23.9 Å². The summed E-state index contributed by atoms with van der Waals surface area (Å²) in [5, 5.41) is 2.75. The maximum atomic E-state index is 13.0. The molecule has 1 saturated heterocycles. The van der Waals surface area contributed by atoms with Gasteiger partial charge in [0.25, 0.3) is 0 Å². The van der Waals surface area contributed by atoms with Crippen LogP contribution in [0.15, 0.2) is 48.5 Å². The largest absolute Gasteiger partial charge is 0.448 e. The zero-order valence-electron chi connectivity index (χ0n) is 19.7. The lowest BCUT2D eigenvalue weighted by Crippen LogP contribution is -2.55. The van der Waals surface area contributed by atoms with Crippen LogP contribution >= 0.6 is 0 Å². The average molecular weight is 466 g/mol. The number of hydrogen-bond acceptors (Lipinski definition) is 5. The lowest BCUT2D eigenvalue weighted by atomic mass is 9.94. The number of ether oxygens (including phenoxy) is 2. The third-order valence-corrected chi connectivity index (χ3v) is 6.17.